The lowest BCUT2D eigenvalue weighted by Gasteiger charge is -2.28. The minimum Gasteiger partial charge on any atom is -0.508 e. The summed E-state index contributed by atoms with van der Waals surface area (Å²) in [7, 11) is 0. The number of nitrogens with zero attached hydrogens (tertiary/aromatic N) is 2. The van der Waals surface area contributed by atoms with E-state index in [9.17, 15) is 39.3 Å². The van der Waals surface area contributed by atoms with Crippen LogP contribution in [0.15, 0.2) is 49.3 Å². The molecule has 0 aliphatic rings. The van der Waals surface area contributed by atoms with Gasteiger partial charge < -0.3 is 52.3 Å². The van der Waals surface area contributed by atoms with Gasteiger partial charge in [0.2, 0.25) is 23.6 Å². The van der Waals surface area contributed by atoms with Gasteiger partial charge in [-0.1, -0.05) is 32.4 Å². The second kappa shape index (κ2) is 17.4. The van der Waals surface area contributed by atoms with Crippen molar-refractivity contribution in [1.29, 1.82) is 0 Å². The Balaban J connectivity index is 1.86. The maximum absolute atomic E-state index is 13.8. The van der Waals surface area contributed by atoms with Crippen LogP contribution in [-0.4, -0.2) is 102 Å². The number of nitrogens with two attached hydrogens (primary N) is 1. The molecule has 254 valence electrons. The number of carboxylic acids is 1. The molecule has 0 spiro atoms. The van der Waals surface area contributed by atoms with Gasteiger partial charge in [-0.2, -0.15) is 0 Å². The van der Waals surface area contributed by atoms with Gasteiger partial charge >= 0.3 is 5.97 Å². The number of imidazole rings is 2. The van der Waals surface area contributed by atoms with Crippen LogP contribution in [0.3, 0.4) is 0 Å². The fourth-order valence-electron chi connectivity index (χ4n) is 4.57. The summed E-state index contributed by atoms with van der Waals surface area (Å²) >= 11 is 0. The van der Waals surface area contributed by atoms with Crippen LogP contribution in [0.1, 0.15) is 37.2 Å². The lowest BCUT2D eigenvalue weighted by Crippen LogP contribution is -2.60. The highest BCUT2D eigenvalue weighted by Gasteiger charge is 2.34. The molecule has 6 atom stereocenters. The molecule has 3 rings (SSSR count). The predicted molar refractivity (Wildman–Crippen MR) is 166 cm³/mol. The first kappa shape index (κ1) is 36.2. The van der Waals surface area contributed by atoms with E-state index in [2.05, 4.69) is 41.2 Å². The molecule has 0 bridgehead atoms. The molecule has 17 heteroatoms. The lowest BCUT2D eigenvalue weighted by molar-refractivity contribution is -0.142. The molecular formula is C30H41N9O8. The number of hydrogen-bond acceptors (Lipinski definition) is 10. The number of aromatic hydroxyl groups is 1. The summed E-state index contributed by atoms with van der Waals surface area (Å²) in [5.41, 5.74) is 7.16. The molecule has 0 aliphatic heterocycles. The molecule has 0 radical (unpaired) electrons. The number of nitrogens with one attached hydrogen (secondary N) is 6. The molecule has 3 aromatic rings. The number of phenols is 1. The van der Waals surface area contributed by atoms with Crippen LogP contribution in [0.25, 0.3) is 0 Å². The van der Waals surface area contributed by atoms with E-state index in [1.54, 1.807) is 26.0 Å². The topological polar surface area (TPSA) is 278 Å². The molecule has 1 aromatic carbocycles. The average Bonchev–Trinajstić information content (AvgIpc) is 3.77. The molecule has 0 saturated carbocycles. The Morgan fingerprint density at radius 2 is 1.30 bits per heavy atom. The SMILES string of the molecule is CC[C@H](C)[C@H](NC(=O)[C@H](Cc1ccc(O)cc1)NC(=O)[C@H](Cc1cnc[nH]1)NC(=O)[C@@H](N)CO)C(=O)N[C@@H](Cc1cnc[nH]1)C(=O)O. The van der Waals surface area contributed by atoms with Crippen molar-refractivity contribution in [3.8, 4) is 5.75 Å². The fraction of sp³-hybridized carbons (Fsp3) is 0.433. The number of aromatic nitrogens is 4. The van der Waals surface area contributed by atoms with Crippen LogP contribution in [0, 0.1) is 5.92 Å². The number of carbonyl (C=O) groups is 5. The molecule has 0 unspecified atom stereocenters. The second-order valence-electron chi connectivity index (χ2n) is 11.1. The standard InChI is InChI=1S/C30H41N9O8/c1-3-16(2)25(29(45)38-24(30(46)47)10-19-12-33-15-35-19)39-28(44)22(8-17-4-6-20(41)7-5-17)37-27(43)23(9-18-11-32-14-34-18)36-26(42)21(31)13-40/h4-7,11-12,14-16,21-25,40-41H,3,8-10,13,31H2,1-2H3,(H,32,34)(H,33,35)(H,36,42)(H,37,43)(H,38,45)(H,39,44)(H,46,47)/t16-,21-,22-,23-,24-,25-/m0/s1. The lowest BCUT2D eigenvalue weighted by atomic mass is 9.96. The first-order chi connectivity index (χ1) is 22.4. The van der Waals surface area contributed by atoms with Crippen molar-refractivity contribution >= 4 is 29.6 Å². The molecule has 11 N–H and O–H groups in total. The number of carboxylic acid groups (broad SMARTS) is 1. The Morgan fingerprint density at radius 3 is 1.81 bits per heavy atom. The molecule has 0 aliphatic carbocycles. The largest absolute Gasteiger partial charge is 0.508 e. The quantitative estimate of drug-likeness (QED) is 0.0734. The van der Waals surface area contributed by atoms with E-state index in [-0.39, 0.29) is 25.0 Å². The highest BCUT2D eigenvalue weighted by molar-refractivity contribution is 5.95. The predicted octanol–water partition coefficient (Wildman–Crippen LogP) is -1.74. The van der Waals surface area contributed by atoms with Crippen LogP contribution in [-0.2, 0) is 43.2 Å². The highest BCUT2D eigenvalue weighted by Crippen LogP contribution is 2.14. The number of carbonyl (C=O) groups excluding carboxylic acids is 4. The smallest absolute Gasteiger partial charge is 0.326 e. The molecule has 2 aromatic heterocycles. The number of hydrogen-bond donors (Lipinski definition) is 10. The summed E-state index contributed by atoms with van der Waals surface area (Å²) in [6.45, 7) is 2.84. The number of phenolic OH excluding ortho intramolecular Hbond substituents is 1. The van der Waals surface area contributed by atoms with E-state index in [0.29, 0.717) is 23.4 Å². The zero-order valence-electron chi connectivity index (χ0n) is 26.0. The Kier molecular flexibility index (Phi) is 13.4. The molecule has 47 heavy (non-hydrogen) atoms. The van der Waals surface area contributed by atoms with Crippen LogP contribution >= 0.6 is 0 Å². The normalized spacial score (nSPS) is 14.9. The number of benzene rings is 1. The van der Waals surface area contributed by atoms with Crippen molar-refractivity contribution in [2.45, 2.75) is 69.7 Å². The molecular weight excluding hydrogens is 614 g/mol. The van der Waals surface area contributed by atoms with Gasteiger partial charge in [0.05, 0.1) is 19.3 Å². The minimum absolute atomic E-state index is 0.0158. The molecule has 0 fully saturated rings. The summed E-state index contributed by atoms with van der Waals surface area (Å²) in [5.74, 6) is -4.82. The Bertz CT molecular complexity index is 1460. The fourth-order valence-corrected chi connectivity index (χ4v) is 4.57. The van der Waals surface area contributed by atoms with E-state index in [1.165, 1.54) is 37.2 Å². The zero-order chi connectivity index (χ0) is 34.5. The van der Waals surface area contributed by atoms with Crippen LogP contribution in [0.5, 0.6) is 5.75 Å². The highest BCUT2D eigenvalue weighted by atomic mass is 16.4. The number of aliphatic carboxylic acids is 1. The monoisotopic (exact) mass is 655 g/mol. The number of aliphatic hydroxyl groups excluding tert-OH is 1. The van der Waals surface area contributed by atoms with E-state index in [1.807, 2.05) is 0 Å². The molecule has 2 heterocycles. The third-order valence-corrected chi connectivity index (χ3v) is 7.54. The Hall–Kier alpha value is -5.29. The van der Waals surface area contributed by atoms with Gasteiger partial charge in [0.25, 0.3) is 0 Å². The maximum Gasteiger partial charge on any atom is 0.326 e. The van der Waals surface area contributed by atoms with Gasteiger partial charge in [-0.3, -0.25) is 19.2 Å². The van der Waals surface area contributed by atoms with Crippen molar-refractivity contribution in [2.75, 3.05) is 6.61 Å². The minimum atomic E-state index is -1.32. The average molecular weight is 656 g/mol. The van der Waals surface area contributed by atoms with Crippen molar-refractivity contribution in [3.05, 3.63) is 66.3 Å². The third kappa shape index (κ3) is 10.9. The summed E-state index contributed by atoms with van der Waals surface area (Å²) < 4.78 is 0. The third-order valence-electron chi connectivity index (χ3n) is 7.54. The van der Waals surface area contributed by atoms with Crippen molar-refractivity contribution in [2.24, 2.45) is 11.7 Å². The van der Waals surface area contributed by atoms with Crippen molar-refractivity contribution in [3.63, 3.8) is 0 Å². The molecule has 4 amide bonds. The van der Waals surface area contributed by atoms with E-state index in [4.69, 9.17) is 5.73 Å². The number of rotatable bonds is 18. The summed E-state index contributed by atoms with van der Waals surface area (Å²) in [6.07, 6.45) is 5.88. The van der Waals surface area contributed by atoms with Gasteiger partial charge in [-0.05, 0) is 23.6 Å². The number of aromatic amines is 2. The van der Waals surface area contributed by atoms with Crippen LogP contribution < -0.4 is 27.0 Å². The van der Waals surface area contributed by atoms with E-state index < -0.39 is 72.3 Å². The Morgan fingerprint density at radius 1 is 0.787 bits per heavy atom. The van der Waals surface area contributed by atoms with Gasteiger partial charge in [0.1, 0.15) is 36.0 Å². The van der Waals surface area contributed by atoms with Crippen molar-refractivity contribution < 1.29 is 39.3 Å². The van der Waals surface area contributed by atoms with Gasteiger partial charge in [0.15, 0.2) is 0 Å². The summed E-state index contributed by atoms with van der Waals surface area (Å²) in [4.78, 5) is 78.8. The first-order valence-corrected chi connectivity index (χ1v) is 14.9. The van der Waals surface area contributed by atoms with Crippen molar-refractivity contribution in [1.82, 2.24) is 41.2 Å². The maximum atomic E-state index is 13.8. The molecule has 17 nitrogen and oxygen atoms in total. The van der Waals surface area contributed by atoms with Crippen LogP contribution in [0.4, 0.5) is 0 Å². The van der Waals surface area contributed by atoms with E-state index >= 15 is 0 Å². The van der Waals surface area contributed by atoms with Gasteiger partial charge in [0, 0.05) is 43.0 Å². The number of amides is 4. The summed E-state index contributed by atoms with van der Waals surface area (Å²) in [6, 6.07) is -0.428. The number of H-pyrrole nitrogens is 2. The molecule has 0 saturated heterocycles. The second-order valence-corrected chi connectivity index (χ2v) is 11.1. The Labute approximate surface area is 270 Å². The van der Waals surface area contributed by atoms with E-state index in [0.717, 1.165) is 0 Å². The van der Waals surface area contributed by atoms with Crippen LogP contribution in [0.2, 0.25) is 0 Å². The number of aliphatic hydroxyl groups is 1. The first-order valence-electron chi connectivity index (χ1n) is 14.9. The van der Waals surface area contributed by atoms with Gasteiger partial charge in [-0.25, -0.2) is 14.8 Å². The van der Waals surface area contributed by atoms with Gasteiger partial charge in [-0.15, -0.1) is 0 Å². The summed E-state index contributed by atoms with van der Waals surface area (Å²) in [5, 5.41) is 39.1. The zero-order valence-corrected chi connectivity index (χ0v) is 26.0.